The monoisotopic (exact) mass is 160 g/mol. The summed E-state index contributed by atoms with van der Waals surface area (Å²) in [5.41, 5.74) is 0.501. The van der Waals surface area contributed by atoms with Gasteiger partial charge in [0.2, 0.25) is 0 Å². The van der Waals surface area contributed by atoms with E-state index in [-0.39, 0.29) is 0 Å². The number of halogens is 1. The summed E-state index contributed by atoms with van der Waals surface area (Å²) in [5.74, 6) is 0.966. The second-order valence-electron chi connectivity index (χ2n) is 4.25. The van der Waals surface area contributed by atoms with Crippen LogP contribution in [0.5, 0.6) is 0 Å². The van der Waals surface area contributed by atoms with Crippen molar-refractivity contribution in [3.05, 3.63) is 0 Å². The van der Waals surface area contributed by atoms with Crippen LogP contribution in [0.1, 0.15) is 40.0 Å². The molecule has 0 radical (unpaired) electrons. The van der Waals surface area contributed by atoms with Crippen LogP contribution in [0.25, 0.3) is 0 Å². The molecule has 1 aliphatic carbocycles. The van der Waals surface area contributed by atoms with Crippen molar-refractivity contribution < 1.29 is 0 Å². The van der Waals surface area contributed by atoms with Crippen LogP contribution in [0.2, 0.25) is 0 Å². The Kier molecular flexibility index (Phi) is 2.29. The van der Waals surface area contributed by atoms with Gasteiger partial charge < -0.3 is 0 Å². The van der Waals surface area contributed by atoms with Crippen molar-refractivity contribution in [2.24, 2.45) is 11.3 Å². The summed E-state index contributed by atoms with van der Waals surface area (Å²) in [5, 5.41) is 0.343. The highest BCUT2D eigenvalue weighted by Crippen LogP contribution is 2.48. The largest absolute Gasteiger partial charge is 0.123 e. The van der Waals surface area contributed by atoms with E-state index in [1.54, 1.807) is 0 Å². The summed E-state index contributed by atoms with van der Waals surface area (Å²) >= 11 is 5.93. The molecule has 0 heterocycles. The first-order valence-corrected chi connectivity index (χ1v) is 4.60. The van der Waals surface area contributed by atoms with Crippen LogP contribution in [0.15, 0.2) is 0 Å². The molecular formula is C9H17Cl. The van der Waals surface area contributed by atoms with Gasteiger partial charge in [-0.25, -0.2) is 0 Å². The zero-order valence-corrected chi connectivity index (χ0v) is 7.91. The fourth-order valence-electron chi connectivity index (χ4n) is 1.76. The first-order chi connectivity index (χ1) is 4.52. The molecule has 1 aliphatic rings. The van der Waals surface area contributed by atoms with Crippen LogP contribution in [-0.4, -0.2) is 5.38 Å². The Morgan fingerprint density at radius 1 is 1.50 bits per heavy atom. The van der Waals surface area contributed by atoms with Gasteiger partial charge in [0.05, 0.1) is 0 Å². The fraction of sp³-hybridized carbons (Fsp3) is 1.00. The molecule has 0 aromatic heterocycles. The van der Waals surface area contributed by atoms with Crippen molar-refractivity contribution in [2.75, 3.05) is 0 Å². The van der Waals surface area contributed by atoms with Gasteiger partial charge in [-0.3, -0.25) is 0 Å². The molecule has 0 aromatic rings. The van der Waals surface area contributed by atoms with Crippen molar-refractivity contribution >= 4 is 11.6 Å². The molecule has 0 bridgehead atoms. The average molecular weight is 161 g/mol. The lowest BCUT2D eigenvalue weighted by Gasteiger charge is -2.25. The minimum absolute atomic E-state index is 0.343. The van der Waals surface area contributed by atoms with Gasteiger partial charge >= 0.3 is 0 Å². The van der Waals surface area contributed by atoms with E-state index in [0.29, 0.717) is 10.8 Å². The van der Waals surface area contributed by atoms with Gasteiger partial charge in [-0.1, -0.05) is 13.8 Å². The minimum atomic E-state index is 0.343. The van der Waals surface area contributed by atoms with Crippen LogP contribution >= 0.6 is 11.6 Å². The lowest BCUT2D eigenvalue weighted by Crippen LogP contribution is -2.17. The zero-order valence-electron chi connectivity index (χ0n) is 7.15. The summed E-state index contributed by atoms with van der Waals surface area (Å²) in [6.07, 6.45) is 4.02. The standard InChI is InChI=1S/C9H17Cl/c1-7(10)6-9(2,3)8-4-5-8/h7-8H,4-6H2,1-3H3. The first kappa shape index (κ1) is 8.39. The normalized spacial score (nSPS) is 22.8. The van der Waals surface area contributed by atoms with Gasteiger partial charge in [0.25, 0.3) is 0 Å². The highest BCUT2D eigenvalue weighted by molar-refractivity contribution is 6.20. The highest BCUT2D eigenvalue weighted by atomic mass is 35.5. The third-order valence-corrected chi connectivity index (χ3v) is 2.64. The molecule has 0 N–H and O–H groups in total. The maximum absolute atomic E-state index is 5.93. The quantitative estimate of drug-likeness (QED) is 0.555. The maximum atomic E-state index is 5.93. The minimum Gasteiger partial charge on any atom is -0.123 e. The molecule has 0 saturated heterocycles. The predicted octanol–water partition coefficient (Wildman–Crippen LogP) is 3.44. The molecule has 0 spiro atoms. The van der Waals surface area contributed by atoms with E-state index in [9.17, 15) is 0 Å². The van der Waals surface area contributed by atoms with E-state index in [1.165, 1.54) is 19.3 Å². The van der Waals surface area contributed by atoms with Gasteiger partial charge in [0.1, 0.15) is 0 Å². The van der Waals surface area contributed by atoms with E-state index in [0.717, 1.165) is 5.92 Å². The van der Waals surface area contributed by atoms with E-state index >= 15 is 0 Å². The number of rotatable bonds is 3. The Morgan fingerprint density at radius 3 is 2.30 bits per heavy atom. The second kappa shape index (κ2) is 2.73. The van der Waals surface area contributed by atoms with Crippen LogP contribution in [-0.2, 0) is 0 Å². The van der Waals surface area contributed by atoms with Crippen LogP contribution in [0, 0.1) is 11.3 Å². The highest BCUT2D eigenvalue weighted by Gasteiger charge is 2.37. The predicted molar refractivity (Wildman–Crippen MR) is 46.4 cm³/mol. The topological polar surface area (TPSA) is 0 Å². The Balaban J connectivity index is 2.34. The maximum Gasteiger partial charge on any atom is 0.0313 e. The number of hydrogen-bond donors (Lipinski definition) is 0. The van der Waals surface area contributed by atoms with Crippen molar-refractivity contribution in [3.8, 4) is 0 Å². The SMILES string of the molecule is CC(Cl)CC(C)(C)C1CC1. The Morgan fingerprint density at radius 2 is 2.00 bits per heavy atom. The molecule has 0 amide bonds. The molecule has 1 atom stereocenters. The van der Waals surface area contributed by atoms with E-state index in [2.05, 4.69) is 20.8 Å². The van der Waals surface area contributed by atoms with Gasteiger partial charge in [-0.05, 0) is 37.5 Å². The van der Waals surface area contributed by atoms with Crippen molar-refractivity contribution in [1.82, 2.24) is 0 Å². The lowest BCUT2D eigenvalue weighted by molar-refractivity contribution is 0.283. The smallest absolute Gasteiger partial charge is 0.0313 e. The third-order valence-electron chi connectivity index (χ3n) is 2.49. The molecule has 1 fully saturated rings. The molecule has 1 heteroatoms. The second-order valence-corrected chi connectivity index (χ2v) is 4.99. The molecule has 0 aliphatic heterocycles. The molecule has 1 saturated carbocycles. The molecule has 1 rings (SSSR count). The Labute approximate surface area is 69.0 Å². The Hall–Kier alpha value is 0.290. The summed E-state index contributed by atoms with van der Waals surface area (Å²) in [7, 11) is 0. The summed E-state index contributed by atoms with van der Waals surface area (Å²) < 4.78 is 0. The van der Waals surface area contributed by atoms with Crippen molar-refractivity contribution in [3.63, 3.8) is 0 Å². The Bertz CT molecular complexity index is 112. The van der Waals surface area contributed by atoms with Crippen LogP contribution in [0.4, 0.5) is 0 Å². The van der Waals surface area contributed by atoms with Crippen LogP contribution < -0.4 is 0 Å². The van der Waals surface area contributed by atoms with Crippen molar-refractivity contribution in [1.29, 1.82) is 0 Å². The molecule has 1 unspecified atom stereocenters. The fourth-order valence-corrected chi connectivity index (χ4v) is 2.15. The van der Waals surface area contributed by atoms with Gasteiger partial charge in [0.15, 0.2) is 0 Å². The zero-order chi connectivity index (χ0) is 7.78. The molecule has 0 nitrogen and oxygen atoms in total. The van der Waals surface area contributed by atoms with Crippen molar-refractivity contribution in [2.45, 2.75) is 45.4 Å². The summed E-state index contributed by atoms with van der Waals surface area (Å²) in [4.78, 5) is 0. The van der Waals surface area contributed by atoms with Crippen LogP contribution in [0.3, 0.4) is 0 Å². The lowest BCUT2D eigenvalue weighted by atomic mass is 9.83. The van der Waals surface area contributed by atoms with E-state index < -0.39 is 0 Å². The van der Waals surface area contributed by atoms with Gasteiger partial charge in [0, 0.05) is 5.38 Å². The molecular weight excluding hydrogens is 144 g/mol. The molecule has 60 valence electrons. The summed E-state index contributed by atoms with van der Waals surface area (Å²) in [6.45, 7) is 6.76. The van der Waals surface area contributed by atoms with Gasteiger partial charge in [-0.15, -0.1) is 11.6 Å². The number of alkyl halides is 1. The van der Waals surface area contributed by atoms with E-state index in [1.807, 2.05) is 0 Å². The molecule has 0 aromatic carbocycles. The first-order valence-electron chi connectivity index (χ1n) is 4.16. The molecule has 10 heavy (non-hydrogen) atoms. The van der Waals surface area contributed by atoms with Gasteiger partial charge in [-0.2, -0.15) is 0 Å². The number of hydrogen-bond acceptors (Lipinski definition) is 0. The average Bonchev–Trinajstić information content (AvgIpc) is 2.35. The summed E-state index contributed by atoms with van der Waals surface area (Å²) in [6, 6.07) is 0. The third kappa shape index (κ3) is 2.16. The van der Waals surface area contributed by atoms with E-state index in [4.69, 9.17) is 11.6 Å².